The maximum absolute atomic E-state index is 12.9. The molecule has 1 saturated heterocycles. The average molecular weight is 395 g/mol. The van der Waals surface area contributed by atoms with Crippen molar-refractivity contribution in [2.24, 2.45) is 10.8 Å². The third-order valence-corrected chi connectivity index (χ3v) is 7.00. The van der Waals surface area contributed by atoms with E-state index in [4.69, 9.17) is 9.47 Å². The van der Waals surface area contributed by atoms with Gasteiger partial charge in [0.05, 0.1) is 20.3 Å². The molecular weight excluding hydrogens is 366 g/mol. The minimum atomic E-state index is -0.929. The lowest BCUT2D eigenvalue weighted by Crippen LogP contribution is -2.61. The predicted octanol–water partition coefficient (Wildman–Crippen LogP) is 3.54. The molecule has 0 spiro atoms. The van der Waals surface area contributed by atoms with Crippen molar-refractivity contribution in [2.45, 2.75) is 38.6 Å². The van der Waals surface area contributed by atoms with Crippen LogP contribution in [0.2, 0.25) is 0 Å². The molecule has 1 aliphatic carbocycles. The first-order valence-electron chi connectivity index (χ1n) is 10.2. The Morgan fingerprint density at radius 3 is 2.38 bits per heavy atom. The number of nitrogens with zero attached hydrogens (tertiary/aromatic N) is 1. The van der Waals surface area contributed by atoms with Gasteiger partial charge in [-0.25, -0.2) is 0 Å². The molecule has 1 aliphatic heterocycles. The van der Waals surface area contributed by atoms with Gasteiger partial charge in [0.15, 0.2) is 0 Å². The molecule has 5 heteroatoms. The standard InChI is InChI=1S/C24H29NO4/c1-18(20-11-7-4-8-12-20)25-16-23(17-29-15-19-9-5-3-6-10-19)13-14-24(23,21(25)26)22(27)28-2/h3-12,18,21,26H,13-17H2,1-2H3/t18-,21?,23-,24+/m1/s1. The van der Waals surface area contributed by atoms with Gasteiger partial charge in [0.2, 0.25) is 0 Å². The lowest BCUT2D eigenvalue weighted by atomic mass is 9.50. The van der Waals surface area contributed by atoms with E-state index >= 15 is 0 Å². The Balaban J connectivity index is 1.57. The number of aliphatic hydroxyl groups excluding tert-OH is 1. The van der Waals surface area contributed by atoms with Gasteiger partial charge in [-0.1, -0.05) is 60.7 Å². The average Bonchev–Trinajstić information content (AvgIpc) is 2.92. The third kappa shape index (κ3) is 3.18. The highest BCUT2D eigenvalue weighted by Gasteiger charge is 2.74. The summed E-state index contributed by atoms with van der Waals surface area (Å²) in [6, 6.07) is 20.1. The number of esters is 1. The summed E-state index contributed by atoms with van der Waals surface area (Å²) in [5.74, 6) is -0.331. The second-order valence-corrected chi connectivity index (χ2v) is 8.35. The summed E-state index contributed by atoms with van der Waals surface area (Å²) >= 11 is 0. The van der Waals surface area contributed by atoms with E-state index in [1.54, 1.807) is 0 Å². The molecule has 4 atom stereocenters. The number of fused-ring (bicyclic) bond motifs is 1. The van der Waals surface area contributed by atoms with Crippen molar-refractivity contribution in [1.82, 2.24) is 4.90 Å². The summed E-state index contributed by atoms with van der Waals surface area (Å²) in [6.45, 7) is 3.59. The summed E-state index contributed by atoms with van der Waals surface area (Å²) < 4.78 is 11.3. The molecule has 2 fully saturated rings. The molecule has 2 aliphatic rings. The zero-order chi connectivity index (χ0) is 20.5. The zero-order valence-corrected chi connectivity index (χ0v) is 17.1. The van der Waals surface area contributed by atoms with Gasteiger partial charge < -0.3 is 14.6 Å². The smallest absolute Gasteiger partial charge is 0.316 e. The van der Waals surface area contributed by atoms with E-state index in [2.05, 4.69) is 19.1 Å². The van der Waals surface area contributed by atoms with Gasteiger partial charge in [-0.3, -0.25) is 9.69 Å². The molecule has 1 unspecified atom stereocenters. The van der Waals surface area contributed by atoms with Gasteiger partial charge in [0.1, 0.15) is 11.6 Å². The molecule has 1 heterocycles. The summed E-state index contributed by atoms with van der Waals surface area (Å²) in [6.07, 6.45) is 0.568. The molecule has 0 bridgehead atoms. The van der Waals surface area contributed by atoms with Crippen LogP contribution >= 0.6 is 0 Å². The molecule has 29 heavy (non-hydrogen) atoms. The molecule has 5 nitrogen and oxygen atoms in total. The number of likely N-dealkylation sites (tertiary alicyclic amines) is 1. The van der Waals surface area contributed by atoms with Crippen LogP contribution in [0, 0.1) is 10.8 Å². The molecule has 0 radical (unpaired) electrons. The molecule has 1 N–H and O–H groups in total. The van der Waals surface area contributed by atoms with Crippen molar-refractivity contribution in [3.05, 3.63) is 71.8 Å². The highest BCUT2D eigenvalue weighted by atomic mass is 16.5. The van der Waals surface area contributed by atoms with Crippen LogP contribution < -0.4 is 0 Å². The number of carbonyl (C=O) groups excluding carboxylic acids is 1. The largest absolute Gasteiger partial charge is 0.468 e. The number of carbonyl (C=O) groups is 1. The Bertz CT molecular complexity index is 842. The van der Waals surface area contributed by atoms with Crippen LogP contribution in [0.4, 0.5) is 0 Å². The Hall–Kier alpha value is -2.21. The molecule has 0 amide bonds. The second-order valence-electron chi connectivity index (χ2n) is 8.35. The Kier molecular flexibility index (Phi) is 5.47. The first-order chi connectivity index (χ1) is 14.0. The number of hydrogen-bond donors (Lipinski definition) is 1. The molecule has 2 aromatic carbocycles. The fraction of sp³-hybridized carbons (Fsp3) is 0.458. The fourth-order valence-corrected chi connectivity index (χ4v) is 5.15. The number of rotatable bonds is 7. The Labute approximate surface area is 172 Å². The van der Waals surface area contributed by atoms with E-state index in [0.717, 1.165) is 17.5 Å². The predicted molar refractivity (Wildman–Crippen MR) is 110 cm³/mol. The van der Waals surface area contributed by atoms with Gasteiger partial charge in [-0.15, -0.1) is 0 Å². The van der Waals surface area contributed by atoms with Gasteiger partial charge in [0.25, 0.3) is 0 Å². The number of aliphatic hydroxyl groups is 1. The van der Waals surface area contributed by atoms with Crippen molar-refractivity contribution >= 4 is 5.97 Å². The van der Waals surface area contributed by atoms with E-state index in [9.17, 15) is 9.90 Å². The van der Waals surface area contributed by atoms with Crippen LogP contribution in [0.5, 0.6) is 0 Å². The topological polar surface area (TPSA) is 59.0 Å². The van der Waals surface area contributed by atoms with Gasteiger partial charge in [-0.05, 0) is 30.9 Å². The molecule has 2 aromatic rings. The van der Waals surface area contributed by atoms with Crippen LogP contribution in [0.1, 0.15) is 36.9 Å². The summed E-state index contributed by atoms with van der Waals surface area (Å²) in [5.41, 5.74) is 0.854. The number of hydrogen-bond acceptors (Lipinski definition) is 5. The van der Waals surface area contributed by atoms with Crippen LogP contribution in [0.3, 0.4) is 0 Å². The van der Waals surface area contributed by atoms with Crippen LogP contribution in [0.15, 0.2) is 60.7 Å². The Morgan fingerprint density at radius 1 is 1.14 bits per heavy atom. The SMILES string of the molecule is COC(=O)[C@@]12CC[C@]1(COCc1ccccc1)CN([C@H](C)c1ccccc1)C2O. The van der Waals surface area contributed by atoms with Gasteiger partial charge in [0, 0.05) is 18.0 Å². The Morgan fingerprint density at radius 2 is 1.79 bits per heavy atom. The maximum atomic E-state index is 12.9. The number of ether oxygens (including phenoxy) is 2. The quantitative estimate of drug-likeness (QED) is 0.727. The van der Waals surface area contributed by atoms with Crippen molar-refractivity contribution < 1.29 is 19.4 Å². The lowest BCUT2D eigenvalue weighted by Gasteiger charge is -2.53. The molecule has 1 saturated carbocycles. The van der Waals surface area contributed by atoms with Crippen molar-refractivity contribution in [3.63, 3.8) is 0 Å². The van der Waals surface area contributed by atoms with Crippen molar-refractivity contribution in [1.29, 1.82) is 0 Å². The monoisotopic (exact) mass is 395 g/mol. The van der Waals surface area contributed by atoms with E-state index in [-0.39, 0.29) is 12.0 Å². The fourth-order valence-electron chi connectivity index (χ4n) is 5.15. The number of benzene rings is 2. The lowest BCUT2D eigenvalue weighted by molar-refractivity contribution is -0.200. The maximum Gasteiger partial charge on any atom is 0.316 e. The van der Waals surface area contributed by atoms with Crippen LogP contribution in [-0.4, -0.2) is 42.5 Å². The highest BCUT2D eigenvalue weighted by Crippen LogP contribution is 2.65. The molecular formula is C24H29NO4. The highest BCUT2D eigenvalue weighted by molar-refractivity contribution is 5.81. The van der Waals surface area contributed by atoms with E-state index in [1.807, 2.05) is 53.4 Å². The normalized spacial score (nSPS) is 29.7. The van der Waals surface area contributed by atoms with E-state index < -0.39 is 17.1 Å². The minimum Gasteiger partial charge on any atom is -0.468 e. The van der Waals surface area contributed by atoms with Gasteiger partial charge >= 0.3 is 5.97 Å². The molecule has 154 valence electrons. The van der Waals surface area contributed by atoms with E-state index in [1.165, 1.54) is 7.11 Å². The second kappa shape index (κ2) is 7.90. The summed E-state index contributed by atoms with van der Waals surface area (Å²) in [4.78, 5) is 14.9. The van der Waals surface area contributed by atoms with Crippen molar-refractivity contribution in [2.75, 3.05) is 20.3 Å². The first-order valence-corrected chi connectivity index (χ1v) is 10.2. The molecule has 0 aromatic heterocycles. The first kappa shape index (κ1) is 20.1. The van der Waals surface area contributed by atoms with E-state index in [0.29, 0.717) is 26.2 Å². The minimum absolute atomic E-state index is 0.00988. The zero-order valence-electron chi connectivity index (χ0n) is 17.1. The van der Waals surface area contributed by atoms with Gasteiger partial charge in [-0.2, -0.15) is 0 Å². The van der Waals surface area contributed by atoms with Crippen LogP contribution in [-0.2, 0) is 20.9 Å². The summed E-state index contributed by atoms with van der Waals surface area (Å²) in [5, 5.41) is 11.3. The van der Waals surface area contributed by atoms with Crippen molar-refractivity contribution in [3.8, 4) is 0 Å². The third-order valence-electron chi connectivity index (χ3n) is 7.00. The molecule has 4 rings (SSSR count). The summed E-state index contributed by atoms with van der Waals surface area (Å²) in [7, 11) is 1.40. The number of methoxy groups -OCH3 is 1. The van der Waals surface area contributed by atoms with Crippen LogP contribution in [0.25, 0.3) is 0 Å².